The molecule has 2 N–H and O–H groups in total. The first-order chi connectivity index (χ1) is 14.1. The highest BCUT2D eigenvalue weighted by atomic mass is 19.1. The minimum absolute atomic E-state index is 0.0493. The Hall–Kier alpha value is -3.49. The summed E-state index contributed by atoms with van der Waals surface area (Å²) in [5.74, 6) is -0.622. The zero-order valence-corrected chi connectivity index (χ0v) is 15.3. The van der Waals surface area contributed by atoms with Crippen LogP contribution in [0.2, 0.25) is 0 Å². The number of nitrogens with zero attached hydrogens (tertiary/aromatic N) is 4. The molecule has 0 spiro atoms. The highest BCUT2D eigenvalue weighted by Crippen LogP contribution is 2.47. The van der Waals surface area contributed by atoms with Crippen molar-refractivity contribution in [2.24, 2.45) is 11.8 Å². The first kappa shape index (κ1) is 17.6. The molecule has 2 fully saturated rings. The van der Waals surface area contributed by atoms with Gasteiger partial charge in [-0.2, -0.15) is 0 Å². The van der Waals surface area contributed by atoms with Gasteiger partial charge in [0.1, 0.15) is 11.6 Å². The third kappa shape index (κ3) is 3.28. The van der Waals surface area contributed by atoms with Gasteiger partial charge in [-0.3, -0.25) is 0 Å². The molecule has 2 aliphatic rings. The Morgan fingerprint density at radius 3 is 2.59 bits per heavy atom. The van der Waals surface area contributed by atoms with Gasteiger partial charge in [0.05, 0.1) is 29.5 Å². The molecule has 7 nitrogen and oxygen atoms in total. The molecule has 1 aliphatic carbocycles. The standard InChI is InChI=1S/C20H18F2N6O/c21-12-5-6-17(15(22)9-12)27-10-13-14(11-27)19(13)25-20(29)24-16-3-1-2-4-18(16)28-8-7-23-26-28/h1-9,13-14,19H,10-11H2,(H2,24,25,29)/t13-,14+,19+. The van der Waals surface area contributed by atoms with Crippen LogP contribution in [0.1, 0.15) is 0 Å². The van der Waals surface area contributed by atoms with E-state index in [4.69, 9.17) is 0 Å². The normalized spacial score (nSPS) is 22.3. The van der Waals surface area contributed by atoms with Crippen molar-refractivity contribution in [1.82, 2.24) is 20.3 Å². The van der Waals surface area contributed by atoms with Crippen LogP contribution < -0.4 is 15.5 Å². The maximum Gasteiger partial charge on any atom is 0.319 e. The Labute approximate surface area is 165 Å². The van der Waals surface area contributed by atoms with Crippen molar-refractivity contribution >= 4 is 17.4 Å². The van der Waals surface area contributed by atoms with Gasteiger partial charge < -0.3 is 15.5 Å². The molecule has 29 heavy (non-hydrogen) atoms. The number of hydrogen-bond donors (Lipinski definition) is 2. The minimum atomic E-state index is -0.585. The largest absolute Gasteiger partial charge is 0.368 e. The van der Waals surface area contributed by atoms with E-state index in [0.29, 0.717) is 30.2 Å². The van der Waals surface area contributed by atoms with Crippen molar-refractivity contribution in [2.45, 2.75) is 6.04 Å². The fourth-order valence-electron chi connectivity index (χ4n) is 4.10. The van der Waals surface area contributed by atoms with Crippen LogP contribution in [0.25, 0.3) is 5.69 Å². The summed E-state index contributed by atoms with van der Waals surface area (Å²) in [4.78, 5) is 14.4. The van der Waals surface area contributed by atoms with E-state index < -0.39 is 11.6 Å². The summed E-state index contributed by atoms with van der Waals surface area (Å²) in [7, 11) is 0. The Kier molecular flexibility index (Phi) is 4.15. The lowest BCUT2D eigenvalue weighted by molar-refractivity contribution is 0.250. The van der Waals surface area contributed by atoms with Crippen LogP contribution in [-0.4, -0.2) is 40.2 Å². The predicted molar refractivity (Wildman–Crippen MR) is 103 cm³/mol. The second kappa shape index (κ2) is 6.84. The second-order valence-electron chi connectivity index (χ2n) is 7.32. The van der Waals surface area contributed by atoms with E-state index in [9.17, 15) is 13.6 Å². The zero-order valence-electron chi connectivity index (χ0n) is 15.3. The monoisotopic (exact) mass is 396 g/mol. The summed E-state index contributed by atoms with van der Waals surface area (Å²) >= 11 is 0. The van der Waals surface area contributed by atoms with Crippen molar-refractivity contribution in [2.75, 3.05) is 23.3 Å². The number of aromatic nitrogens is 3. The summed E-state index contributed by atoms with van der Waals surface area (Å²) in [6.45, 7) is 1.27. The van der Waals surface area contributed by atoms with E-state index in [1.807, 2.05) is 23.1 Å². The van der Waals surface area contributed by atoms with Crippen molar-refractivity contribution in [3.05, 3.63) is 66.5 Å². The average molecular weight is 396 g/mol. The molecule has 2 heterocycles. The molecule has 1 saturated heterocycles. The zero-order chi connectivity index (χ0) is 20.0. The maximum atomic E-state index is 14.0. The van der Waals surface area contributed by atoms with Crippen molar-refractivity contribution in [3.8, 4) is 5.69 Å². The quantitative estimate of drug-likeness (QED) is 0.711. The summed E-state index contributed by atoms with van der Waals surface area (Å²) < 4.78 is 28.7. The topological polar surface area (TPSA) is 75.1 Å². The molecule has 0 unspecified atom stereocenters. The molecular weight excluding hydrogens is 378 g/mol. The number of benzene rings is 2. The van der Waals surface area contributed by atoms with Crippen LogP contribution in [0, 0.1) is 23.5 Å². The number of hydrogen-bond acceptors (Lipinski definition) is 4. The Bertz CT molecular complexity index is 1040. The van der Waals surface area contributed by atoms with Gasteiger partial charge in [0, 0.05) is 37.0 Å². The van der Waals surface area contributed by atoms with E-state index >= 15 is 0 Å². The van der Waals surface area contributed by atoms with Crippen molar-refractivity contribution < 1.29 is 13.6 Å². The van der Waals surface area contributed by atoms with Crippen LogP contribution in [0.5, 0.6) is 0 Å². The molecule has 1 aliphatic heterocycles. The maximum absolute atomic E-state index is 14.0. The van der Waals surface area contributed by atoms with Crippen LogP contribution in [0.3, 0.4) is 0 Å². The van der Waals surface area contributed by atoms with Gasteiger partial charge in [-0.25, -0.2) is 18.3 Å². The van der Waals surface area contributed by atoms with Crippen LogP contribution in [-0.2, 0) is 0 Å². The highest BCUT2D eigenvalue weighted by molar-refractivity contribution is 5.92. The van der Waals surface area contributed by atoms with Crippen molar-refractivity contribution in [3.63, 3.8) is 0 Å². The number of rotatable bonds is 4. The summed E-state index contributed by atoms with van der Waals surface area (Å²) in [5, 5.41) is 13.6. The second-order valence-corrected chi connectivity index (χ2v) is 7.32. The summed E-state index contributed by atoms with van der Waals surface area (Å²) in [6, 6.07) is 10.7. The molecule has 2 amide bonds. The number of nitrogens with one attached hydrogen (secondary N) is 2. The molecule has 9 heteroatoms. The number of amides is 2. The fraction of sp³-hybridized carbons (Fsp3) is 0.250. The highest BCUT2D eigenvalue weighted by Gasteiger charge is 2.56. The lowest BCUT2D eigenvalue weighted by Crippen LogP contribution is -2.37. The minimum Gasteiger partial charge on any atom is -0.368 e. The number of anilines is 2. The molecule has 3 atom stereocenters. The smallest absolute Gasteiger partial charge is 0.319 e. The van der Waals surface area contributed by atoms with E-state index in [1.54, 1.807) is 23.1 Å². The molecule has 1 aromatic heterocycles. The average Bonchev–Trinajstić information content (AvgIpc) is 3.13. The van der Waals surface area contributed by atoms with E-state index in [0.717, 1.165) is 6.07 Å². The molecule has 2 aromatic carbocycles. The lowest BCUT2D eigenvalue weighted by Gasteiger charge is -2.23. The molecule has 148 valence electrons. The molecule has 5 rings (SSSR count). The third-order valence-electron chi connectivity index (χ3n) is 5.56. The molecule has 3 aromatic rings. The summed E-state index contributed by atoms with van der Waals surface area (Å²) in [6.07, 6.45) is 3.27. The first-order valence-electron chi connectivity index (χ1n) is 9.33. The van der Waals surface area contributed by atoms with E-state index in [1.165, 1.54) is 12.1 Å². The fourth-order valence-corrected chi connectivity index (χ4v) is 4.10. The molecule has 1 saturated carbocycles. The lowest BCUT2D eigenvalue weighted by atomic mass is 10.2. The summed E-state index contributed by atoms with van der Waals surface area (Å²) in [5.41, 5.74) is 1.74. The van der Waals surface area contributed by atoms with Gasteiger partial charge >= 0.3 is 6.03 Å². The van der Waals surface area contributed by atoms with Crippen molar-refractivity contribution in [1.29, 1.82) is 0 Å². The van der Waals surface area contributed by atoms with Crippen LogP contribution >= 0.6 is 0 Å². The molecule has 0 radical (unpaired) electrons. The number of fused-ring (bicyclic) bond motifs is 1. The van der Waals surface area contributed by atoms with E-state index in [2.05, 4.69) is 20.9 Å². The Balaban J connectivity index is 1.20. The van der Waals surface area contributed by atoms with Gasteiger partial charge in [0.15, 0.2) is 0 Å². The van der Waals surface area contributed by atoms with Crippen LogP contribution in [0.4, 0.5) is 25.0 Å². The number of halogens is 2. The first-order valence-corrected chi connectivity index (χ1v) is 9.33. The number of carbonyl (C=O) groups excluding carboxylic acids is 1. The predicted octanol–water partition coefficient (Wildman–Crippen LogP) is 2.80. The van der Waals surface area contributed by atoms with Gasteiger partial charge in [0.25, 0.3) is 0 Å². The Morgan fingerprint density at radius 1 is 1.07 bits per heavy atom. The van der Waals surface area contributed by atoms with Gasteiger partial charge in [-0.15, -0.1) is 5.10 Å². The number of carbonyl (C=O) groups is 1. The van der Waals surface area contributed by atoms with Crippen LogP contribution in [0.15, 0.2) is 54.9 Å². The molecular formula is C20H18F2N6O. The van der Waals surface area contributed by atoms with Gasteiger partial charge in [-0.05, 0) is 24.3 Å². The SMILES string of the molecule is O=C(Nc1ccccc1-n1ccnn1)N[C@H]1[C@@H]2CN(c3ccc(F)cc3F)C[C@@H]21. The number of para-hydroxylation sites is 2. The van der Waals surface area contributed by atoms with Gasteiger partial charge in [0.2, 0.25) is 0 Å². The molecule has 0 bridgehead atoms. The number of piperidine rings is 1. The third-order valence-corrected chi connectivity index (χ3v) is 5.56. The Morgan fingerprint density at radius 2 is 1.86 bits per heavy atom. The number of urea groups is 1. The van der Waals surface area contributed by atoms with Gasteiger partial charge in [-0.1, -0.05) is 17.3 Å². The van der Waals surface area contributed by atoms with E-state index in [-0.39, 0.29) is 23.9 Å².